The van der Waals surface area contributed by atoms with Crippen molar-refractivity contribution in [3.63, 3.8) is 0 Å². The highest BCUT2D eigenvalue weighted by atomic mass is 79.9. The van der Waals surface area contributed by atoms with E-state index in [1.165, 1.54) is 12.1 Å². The minimum Gasteiger partial charge on any atom is -0.478 e. The lowest BCUT2D eigenvalue weighted by atomic mass is 10.1. The van der Waals surface area contributed by atoms with Gasteiger partial charge in [-0.25, -0.2) is 9.18 Å². The highest BCUT2D eigenvalue weighted by Crippen LogP contribution is 2.45. The van der Waals surface area contributed by atoms with E-state index in [1.807, 2.05) is 0 Å². The number of aromatic carboxylic acids is 1. The Morgan fingerprint density at radius 1 is 1.59 bits per heavy atom. The number of carboxylic acid groups (broad SMARTS) is 1. The number of halogens is 2. The van der Waals surface area contributed by atoms with Gasteiger partial charge in [0.05, 0.1) is 15.7 Å². The van der Waals surface area contributed by atoms with Crippen LogP contribution in [-0.4, -0.2) is 17.6 Å². The average molecular weight is 302 g/mol. The van der Waals surface area contributed by atoms with Gasteiger partial charge in [0.15, 0.2) is 5.82 Å². The molecule has 0 aliphatic heterocycles. The number of hydrogen-bond acceptors (Lipinski definition) is 2. The molecule has 0 saturated heterocycles. The van der Waals surface area contributed by atoms with Crippen molar-refractivity contribution >= 4 is 27.6 Å². The van der Waals surface area contributed by atoms with E-state index in [0.717, 1.165) is 12.8 Å². The molecule has 1 aliphatic carbocycles. The van der Waals surface area contributed by atoms with Crippen LogP contribution >= 0.6 is 15.9 Å². The summed E-state index contributed by atoms with van der Waals surface area (Å²) in [6, 6.07) is 2.86. The fourth-order valence-corrected chi connectivity index (χ4v) is 2.07. The third-order valence-corrected chi connectivity index (χ3v) is 3.90. The largest absolute Gasteiger partial charge is 0.478 e. The Kier molecular flexibility index (Phi) is 3.12. The van der Waals surface area contributed by atoms with Gasteiger partial charge in [0.1, 0.15) is 0 Å². The smallest absolute Gasteiger partial charge is 0.336 e. The Morgan fingerprint density at radius 3 is 2.76 bits per heavy atom. The van der Waals surface area contributed by atoms with Gasteiger partial charge in [-0.3, -0.25) is 0 Å². The van der Waals surface area contributed by atoms with Crippen LogP contribution < -0.4 is 5.32 Å². The molecular formula is C12H13BrFNO2. The lowest BCUT2D eigenvalue weighted by Gasteiger charge is -2.13. The first-order chi connectivity index (χ1) is 7.93. The first-order valence-electron chi connectivity index (χ1n) is 5.38. The van der Waals surface area contributed by atoms with Gasteiger partial charge < -0.3 is 10.4 Å². The fourth-order valence-electron chi connectivity index (χ4n) is 1.55. The van der Waals surface area contributed by atoms with E-state index in [0.29, 0.717) is 12.2 Å². The molecule has 1 aromatic carbocycles. The van der Waals surface area contributed by atoms with Crippen LogP contribution in [-0.2, 0) is 0 Å². The zero-order valence-corrected chi connectivity index (χ0v) is 11.0. The van der Waals surface area contributed by atoms with Crippen molar-refractivity contribution in [2.24, 2.45) is 5.41 Å². The van der Waals surface area contributed by atoms with E-state index in [4.69, 9.17) is 5.11 Å². The SMILES string of the molecule is CC1(CNc2ccc(C(=O)O)c(Br)c2F)CC1. The predicted octanol–water partition coefficient (Wildman–Crippen LogP) is 3.50. The number of carboxylic acids is 1. The molecule has 0 radical (unpaired) electrons. The monoisotopic (exact) mass is 301 g/mol. The topological polar surface area (TPSA) is 49.3 Å². The molecule has 1 fully saturated rings. The minimum absolute atomic E-state index is 0.00375. The number of anilines is 1. The number of hydrogen-bond donors (Lipinski definition) is 2. The van der Waals surface area contributed by atoms with E-state index in [1.54, 1.807) is 0 Å². The zero-order valence-electron chi connectivity index (χ0n) is 9.39. The lowest BCUT2D eigenvalue weighted by molar-refractivity contribution is 0.0695. The molecular weight excluding hydrogens is 289 g/mol. The summed E-state index contributed by atoms with van der Waals surface area (Å²) in [6.45, 7) is 2.85. The lowest BCUT2D eigenvalue weighted by Crippen LogP contribution is -2.13. The van der Waals surface area contributed by atoms with Crippen LogP contribution in [0.15, 0.2) is 16.6 Å². The normalized spacial score (nSPS) is 16.6. The Labute approximate surface area is 107 Å². The molecule has 0 aromatic heterocycles. The maximum absolute atomic E-state index is 13.8. The number of rotatable bonds is 4. The molecule has 0 atom stereocenters. The van der Waals surface area contributed by atoms with Gasteiger partial charge >= 0.3 is 5.97 Å². The summed E-state index contributed by atoms with van der Waals surface area (Å²) in [5, 5.41) is 11.9. The van der Waals surface area contributed by atoms with E-state index in [2.05, 4.69) is 28.2 Å². The quantitative estimate of drug-likeness (QED) is 0.895. The van der Waals surface area contributed by atoms with Gasteiger partial charge in [0, 0.05) is 6.54 Å². The molecule has 1 aromatic rings. The molecule has 2 N–H and O–H groups in total. The Balaban J connectivity index is 2.18. The van der Waals surface area contributed by atoms with Crippen molar-refractivity contribution in [3.8, 4) is 0 Å². The minimum atomic E-state index is -1.14. The standard InChI is InChI=1S/C12H13BrFNO2/c1-12(4-5-12)6-15-8-3-2-7(11(16)17)9(13)10(8)14/h2-3,15H,4-6H2,1H3,(H,16,17). The van der Waals surface area contributed by atoms with E-state index in [9.17, 15) is 9.18 Å². The summed E-state index contributed by atoms with van der Waals surface area (Å²) in [6.07, 6.45) is 2.30. The van der Waals surface area contributed by atoms with Gasteiger partial charge in [0.2, 0.25) is 0 Å². The van der Waals surface area contributed by atoms with Gasteiger partial charge in [-0.2, -0.15) is 0 Å². The van der Waals surface area contributed by atoms with E-state index in [-0.39, 0.29) is 15.5 Å². The van der Waals surface area contributed by atoms with Gasteiger partial charge in [-0.15, -0.1) is 0 Å². The maximum atomic E-state index is 13.8. The third kappa shape index (κ3) is 2.60. The second-order valence-corrected chi connectivity index (χ2v) is 5.55. The van der Waals surface area contributed by atoms with Crippen LogP contribution in [0.2, 0.25) is 0 Å². The molecule has 0 bridgehead atoms. The molecule has 17 heavy (non-hydrogen) atoms. The second kappa shape index (κ2) is 4.29. The zero-order chi connectivity index (χ0) is 12.6. The van der Waals surface area contributed by atoms with Crippen LogP contribution in [0.4, 0.5) is 10.1 Å². The van der Waals surface area contributed by atoms with Crippen molar-refractivity contribution in [3.05, 3.63) is 28.0 Å². The molecule has 1 saturated carbocycles. The van der Waals surface area contributed by atoms with Crippen molar-refractivity contribution < 1.29 is 14.3 Å². The van der Waals surface area contributed by atoms with Crippen molar-refractivity contribution in [1.29, 1.82) is 0 Å². The van der Waals surface area contributed by atoms with Crippen molar-refractivity contribution in [2.45, 2.75) is 19.8 Å². The second-order valence-electron chi connectivity index (χ2n) is 4.76. The highest BCUT2D eigenvalue weighted by molar-refractivity contribution is 9.10. The first-order valence-corrected chi connectivity index (χ1v) is 6.17. The summed E-state index contributed by atoms with van der Waals surface area (Å²) in [5.41, 5.74) is 0.547. The van der Waals surface area contributed by atoms with E-state index >= 15 is 0 Å². The molecule has 3 nitrogen and oxygen atoms in total. The molecule has 0 unspecified atom stereocenters. The van der Waals surface area contributed by atoms with Crippen LogP contribution in [0.1, 0.15) is 30.1 Å². The fraction of sp³-hybridized carbons (Fsp3) is 0.417. The van der Waals surface area contributed by atoms with Crippen molar-refractivity contribution in [2.75, 3.05) is 11.9 Å². The Bertz CT molecular complexity index is 472. The van der Waals surface area contributed by atoms with Crippen LogP contribution in [0, 0.1) is 11.2 Å². The molecule has 92 valence electrons. The Morgan fingerprint density at radius 2 is 2.24 bits per heavy atom. The predicted molar refractivity (Wildman–Crippen MR) is 66.9 cm³/mol. The van der Waals surface area contributed by atoms with Crippen molar-refractivity contribution in [1.82, 2.24) is 0 Å². The number of nitrogens with one attached hydrogen (secondary N) is 1. The molecule has 0 amide bonds. The molecule has 0 heterocycles. The van der Waals surface area contributed by atoms with Gasteiger partial charge in [-0.1, -0.05) is 6.92 Å². The van der Waals surface area contributed by atoms with Crippen LogP contribution in [0.3, 0.4) is 0 Å². The van der Waals surface area contributed by atoms with Crippen LogP contribution in [0.25, 0.3) is 0 Å². The third-order valence-electron chi connectivity index (χ3n) is 3.12. The summed E-state index contributed by atoms with van der Waals surface area (Å²) in [5.74, 6) is -1.69. The summed E-state index contributed by atoms with van der Waals surface area (Å²) in [4.78, 5) is 10.8. The highest BCUT2D eigenvalue weighted by Gasteiger charge is 2.37. The molecule has 1 aliphatic rings. The van der Waals surface area contributed by atoms with Crippen LogP contribution in [0.5, 0.6) is 0 Å². The Hall–Kier alpha value is -1.10. The molecule has 2 rings (SSSR count). The van der Waals surface area contributed by atoms with Gasteiger partial charge in [-0.05, 0) is 46.3 Å². The maximum Gasteiger partial charge on any atom is 0.336 e. The first kappa shape index (κ1) is 12.4. The van der Waals surface area contributed by atoms with E-state index < -0.39 is 11.8 Å². The van der Waals surface area contributed by atoms with Gasteiger partial charge in [0.25, 0.3) is 0 Å². The average Bonchev–Trinajstić information content (AvgIpc) is 2.99. The summed E-state index contributed by atoms with van der Waals surface area (Å²) in [7, 11) is 0. The molecule has 5 heteroatoms. The summed E-state index contributed by atoms with van der Waals surface area (Å²) < 4.78 is 13.8. The number of carbonyl (C=O) groups is 1. The summed E-state index contributed by atoms with van der Waals surface area (Å²) >= 11 is 2.97. The number of benzene rings is 1. The molecule has 0 spiro atoms.